The summed E-state index contributed by atoms with van der Waals surface area (Å²) < 4.78 is 37.1. The highest BCUT2D eigenvalue weighted by atomic mass is 35.5. The molecule has 1 aromatic carbocycles. The van der Waals surface area contributed by atoms with Crippen molar-refractivity contribution in [2.24, 2.45) is 5.73 Å². The molecule has 0 saturated carbocycles. The van der Waals surface area contributed by atoms with Crippen LogP contribution in [0.5, 0.6) is 0 Å². The van der Waals surface area contributed by atoms with Crippen molar-refractivity contribution in [3.8, 4) is 0 Å². The van der Waals surface area contributed by atoms with Crippen LogP contribution in [0.1, 0.15) is 11.6 Å². The van der Waals surface area contributed by atoms with Crippen LogP contribution in [0.25, 0.3) is 0 Å². The number of nitro groups is 1. The Bertz CT molecular complexity index is 390. The molecule has 0 unspecified atom stereocenters. The van der Waals surface area contributed by atoms with Crippen molar-refractivity contribution < 1.29 is 18.1 Å². The summed E-state index contributed by atoms with van der Waals surface area (Å²) in [5, 5.41) is 10.3. The molecule has 0 bridgehead atoms. The Kier molecular flexibility index (Phi) is 5.19. The van der Waals surface area contributed by atoms with E-state index >= 15 is 0 Å². The van der Waals surface area contributed by atoms with Gasteiger partial charge in [-0.05, 0) is 11.6 Å². The third-order valence-electron chi connectivity index (χ3n) is 1.82. The predicted octanol–water partition coefficient (Wildman–Crippen LogP) is 2.42. The average molecular weight is 257 g/mol. The van der Waals surface area contributed by atoms with Gasteiger partial charge in [-0.1, -0.05) is 6.07 Å². The highest BCUT2D eigenvalue weighted by molar-refractivity contribution is 5.85. The summed E-state index contributed by atoms with van der Waals surface area (Å²) in [5.41, 5.74) is 4.04. The molecule has 0 radical (unpaired) electrons. The third-order valence-corrected chi connectivity index (χ3v) is 1.82. The van der Waals surface area contributed by atoms with Gasteiger partial charge in [0.1, 0.15) is 0 Å². The molecular weight excluding hydrogens is 249 g/mol. The largest absolute Gasteiger partial charge is 0.319 e. The van der Waals surface area contributed by atoms with Crippen molar-refractivity contribution >= 4 is 18.1 Å². The standard InChI is InChI=1S/C8H7F3N2O2.ClH/c9-5-2-1-4(7(12)8(10)11)3-6(5)13(14)15;/h1-3,7-8H,12H2;1H/t7-;/m1./s1. The minimum Gasteiger partial charge on any atom is -0.319 e. The predicted molar refractivity (Wildman–Crippen MR) is 53.2 cm³/mol. The van der Waals surface area contributed by atoms with E-state index in [1.807, 2.05) is 0 Å². The van der Waals surface area contributed by atoms with E-state index in [9.17, 15) is 23.3 Å². The fourth-order valence-corrected chi connectivity index (χ4v) is 1.02. The number of rotatable bonds is 3. The lowest BCUT2D eigenvalue weighted by atomic mass is 10.1. The molecule has 0 saturated heterocycles. The third kappa shape index (κ3) is 3.07. The van der Waals surface area contributed by atoms with Crippen molar-refractivity contribution in [2.45, 2.75) is 12.5 Å². The first-order valence-corrected chi connectivity index (χ1v) is 3.91. The van der Waals surface area contributed by atoms with Gasteiger partial charge >= 0.3 is 5.69 Å². The number of nitro benzene ring substituents is 1. The molecule has 1 atom stereocenters. The molecule has 2 N–H and O–H groups in total. The summed E-state index contributed by atoms with van der Waals surface area (Å²) in [6.07, 6.45) is -2.85. The smallest absolute Gasteiger partial charge is 0.305 e. The van der Waals surface area contributed by atoms with Crippen LogP contribution in [-0.2, 0) is 0 Å². The van der Waals surface area contributed by atoms with Crippen molar-refractivity contribution in [3.05, 3.63) is 39.7 Å². The fraction of sp³-hybridized carbons (Fsp3) is 0.250. The number of halogens is 4. The second-order valence-electron chi connectivity index (χ2n) is 2.83. The van der Waals surface area contributed by atoms with E-state index in [0.29, 0.717) is 6.07 Å². The van der Waals surface area contributed by atoms with Crippen LogP contribution in [0.3, 0.4) is 0 Å². The topological polar surface area (TPSA) is 69.2 Å². The lowest BCUT2D eigenvalue weighted by Crippen LogP contribution is -2.19. The first-order chi connectivity index (χ1) is 6.93. The van der Waals surface area contributed by atoms with Gasteiger partial charge < -0.3 is 5.73 Å². The van der Waals surface area contributed by atoms with Gasteiger partial charge in [0.2, 0.25) is 5.82 Å². The Morgan fingerprint density at radius 2 is 1.94 bits per heavy atom. The second-order valence-corrected chi connectivity index (χ2v) is 2.83. The summed E-state index contributed by atoms with van der Waals surface area (Å²) in [5.74, 6) is -1.08. The molecule has 0 aliphatic heterocycles. The average Bonchev–Trinajstić information content (AvgIpc) is 2.16. The first-order valence-electron chi connectivity index (χ1n) is 3.91. The molecule has 4 nitrogen and oxygen atoms in total. The number of hydrogen-bond donors (Lipinski definition) is 1. The zero-order valence-corrected chi connectivity index (χ0v) is 8.59. The molecule has 0 amide bonds. The van der Waals surface area contributed by atoms with E-state index in [1.54, 1.807) is 0 Å². The van der Waals surface area contributed by atoms with E-state index in [2.05, 4.69) is 0 Å². The van der Waals surface area contributed by atoms with Gasteiger partial charge in [0.05, 0.1) is 11.0 Å². The summed E-state index contributed by atoms with van der Waals surface area (Å²) >= 11 is 0. The highest BCUT2D eigenvalue weighted by Gasteiger charge is 2.22. The monoisotopic (exact) mass is 256 g/mol. The lowest BCUT2D eigenvalue weighted by molar-refractivity contribution is -0.387. The van der Waals surface area contributed by atoms with E-state index in [4.69, 9.17) is 5.73 Å². The number of nitrogens with zero attached hydrogens (tertiary/aromatic N) is 1. The van der Waals surface area contributed by atoms with Crippen LogP contribution in [0, 0.1) is 15.9 Å². The summed E-state index contributed by atoms with van der Waals surface area (Å²) in [4.78, 5) is 9.31. The fourth-order valence-electron chi connectivity index (χ4n) is 1.02. The summed E-state index contributed by atoms with van der Waals surface area (Å²) in [6.45, 7) is 0. The van der Waals surface area contributed by atoms with Crippen molar-refractivity contribution in [2.75, 3.05) is 0 Å². The van der Waals surface area contributed by atoms with Gasteiger partial charge in [-0.3, -0.25) is 10.1 Å². The first kappa shape index (κ1) is 14.7. The molecule has 0 aliphatic carbocycles. The van der Waals surface area contributed by atoms with Crippen LogP contribution in [0.4, 0.5) is 18.9 Å². The Morgan fingerprint density at radius 1 is 1.38 bits per heavy atom. The zero-order chi connectivity index (χ0) is 11.6. The second kappa shape index (κ2) is 5.66. The number of alkyl halides is 2. The number of hydrogen-bond acceptors (Lipinski definition) is 3. The molecule has 16 heavy (non-hydrogen) atoms. The van der Waals surface area contributed by atoms with Gasteiger partial charge in [-0.2, -0.15) is 4.39 Å². The van der Waals surface area contributed by atoms with Crippen LogP contribution in [0.2, 0.25) is 0 Å². The van der Waals surface area contributed by atoms with Crippen LogP contribution < -0.4 is 5.73 Å². The maximum atomic E-state index is 12.8. The van der Waals surface area contributed by atoms with E-state index < -0.39 is 28.9 Å². The molecule has 0 fully saturated rings. The van der Waals surface area contributed by atoms with Gasteiger partial charge in [0.25, 0.3) is 6.43 Å². The Morgan fingerprint density at radius 3 is 2.38 bits per heavy atom. The maximum absolute atomic E-state index is 12.8. The molecule has 1 aromatic rings. The minimum atomic E-state index is -2.85. The summed E-state index contributed by atoms with van der Waals surface area (Å²) in [6, 6.07) is 0.811. The SMILES string of the molecule is Cl.N[C@H](c1ccc(F)c([N+](=O)[O-])c1)C(F)F. The molecule has 8 heteroatoms. The summed E-state index contributed by atoms with van der Waals surface area (Å²) in [7, 11) is 0. The van der Waals surface area contributed by atoms with Gasteiger partial charge in [0.15, 0.2) is 0 Å². The Hall–Kier alpha value is -1.34. The Balaban J connectivity index is 0.00000225. The Labute approximate surface area is 94.8 Å². The van der Waals surface area contributed by atoms with Crippen molar-refractivity contribution in [1.29, 1.82) is 0 Å². The van der Waals surface area contributed by atoms with Crippen molar-refractivity contribution in [3.63, 3.8) is 0 Å². The molecule has 0 aliphatic rings. The number of benzene rings is 1. The zero-order valence-electron chi connectivity index (χ0n) is 7.77. The van der Waals surface area contributed by atoms with Crippen LogP contribution in [0.15, 0.2) is 18.2 Å². The molecule has 0 heterocycles. The molecule has 90 valence electrons. The van der Waals surface area contributed by atoms with Crippen LogP contribution >= 0.6 is 12.4 Å². The molecule has 0 aromatic heterocycles. The van der Waals surface area contributed by atoms with Gasteiger partial charge in [-0.15, -0.1) is 12.4 Å². The lowest BCUT2D eigenvalue weighted by Gasteiger charge is -2.10. The van der Waals surface area contributed by atoms with E-state index in [0.717, 1.165) is 12.1 Å². The van der Waals surface area contributed by atoms with Crippen molar-refractivity contribution in [1.82, 2.24) is 0 Å². The van der Waals surface area contributed by atoms with E-state index in [-0.39, 0.29) is 18.0 Å². The van der Waals surface area contributed by atoms with Gasteiger partial charge in [0, 0.05) is 6.07 Å². The highest BCUT2D eigenvalue weighted by Crippen LogP contribution is 2.24. The molecule has 0 spiro atoms. The normalized spacial score (nSPS) is 12.1. The quantitative estimate of drug-likeness (QED) is 0.667. The maximum Gasteiger partial charge on any atom is 0.305 e. The van der Waals surface area contributed by atoms with E-state index in [1.165, 1.54) is 0 Å². The van der Waals surface area contributed by atoms with Crippen LogP contribution in [-0.4, -0.2) is 11.3 Å². The minimum absolute atomic E-state index is 0. The molecular formula is C8H8ClF3N2O2. The number of nitrogens with two attached hydrogens (primary N) is 1. The molecule has 1 rings (SSSR count). The van der Waals surface area contributed by atoms with Gasteiger partial charge in [-0.25, -0.2) is 8.78 Å².